The van der Waals surface area contributed by atoms with Crippen LogP contribution in [0.3, 0.4) is 0 Å². The van der Waals surface area contributed by atoms with E-state index < -0.39 is 5.41 Å². The standard InChI is InChI=1S/C22H30O4/c1-3-26-20(25)19-7-6-17-16-5-4-14-12-15(24)8-11-22(14,13-23)18(16)9-10-21(17,19)2/h12-13,16-19H,3-11H2,1-2H3. The maximum absolute atomic E-state index is 12.5. The van der Waals surface area contributed by atoms with Gasteiger partial charge in [0.2, 0.25) is 0 Å². The van der Waals surface area contributed by atoms with Gasteiger partial charge < -0.3 is 9.53 Å². The van der Waals surface area contributed by atoms with E-state index >= 15 is 0 Å². The van der Waals surface area contributed by atoms with Gasteiger partial charge in [-0.1, -0.05) is 12.5 Å². The third-order valence-corrected chi connectivity index (χ3v) is 8.35. The lowest BCUT2D eigenvalue weighted by atomic mass is 9.46. The van der Waals surface area contributed by atoms with Gasteiger partial charge in [-0.25, -0.2) is 0 Å². The third kappa shape index (κ3) is 2.36. The van der Waals surface area contributed by atoms with E-state index in [0.717, 1.165) is 44.1 Å². The Bertz CT molecular complexity index is 665. The summed E-state index contributed by atoms with van der Waals surface area (Å²) in [6.45, 7) is 4.60. The summed E-state index contributed by atoms with van der Waals surface area (Å²) in [5.41, 5.74) is 0.678. The van der Waals surface area contributed by atoms with Crippen LogP contribution in [0.1, 0.15) is 65.2 Å². The molecule has 0 bridgehead atoms. The fraction of sp³-hybridized carbons (Fsp3) is 0.773. The van der Waals surface area contributed by atoms with Crippen molar-refractivity contribution < 1.29 is 19.1 Å². The highest BCUT2D eigenvalue weighted by Crippen LogP contribution is 2.66. The van der Waals surface area contributed by atoms with Gasteiger partial charge in [-0.3, -0.25) is 9.59 Å². The van der Waals surface area contributed by atoms with Crippen LogP contribution in [0.2, 0.25) is 0 Å². The number of hydrogen-bond acceptors (Lipinski definition) is 4. The molecule has 0 spiro atoms. The fourth-order valence-electron chi connectivity index (χ4n) is 7.12. The maximum atomic E-state index is 12.5. The average Bonchev–Trinajstić information content (AvgIpc) is 2.99. The van der Waals surface area contributed by atoms with Gasteiger partial charge in [0.15, 0.2) is 5.78 Å². The molecule has 26 heavy (non-hydrogen) atoms. The lowest BCUT2D eigenvalue weighted by Gasteiger charge is -2.57. The monoisotopic (exact) mass is 358 g/mol. The molecule has 4 aliphatic carbocycles. The molecule has 0 aromatic rings. The number of fused-ring (bicyclic) bond motifs is 5. The Morgan fingerprint density at radius 2 is 2.00 bits per heavy atom. The van der Waals surface area contributed by atoms with E-state index in [1.54, 1.807) is 6.08 Å². The van der Waals surface area contributed by atoms with Gasteiger partial charge in [-0.15, -0.1) is 0 Å². The zero-order chi connectivity index (χ0) is 18.5. The molecule has 0 aromatic heterocycles. The van der Waals surface area contributed by atoms with Crippen molar-refractivity contribution >= 4 is 18.0 Å². The minimum absolute atomic E-state index is 0.00317. The van der Waals surface area contributed by atoms with Crippen LogP contribution in [-0.4, -0.2) is 24.6 Å². The SMILES string of the molecule is CCOC(=O)C1CCC2C3CCC4=CC(=O)CCC4(C=O)C3CCC12C. The number of rotatable bonds is 3. The number of ketones is 1. The smallest absolute Gasteiger partial charge is 0.309 e. The molecule has 0 radical (unpaired) electrons. The number of allylic oxidation sites excluding steroid dienone is 1. The summed E-state index contributed by atoms with van der Waals surface area (Å²) in [6, 6.07) is 0. The summed E-state index contributed by atoms with van der Waals surface area (Å²) in [6.07, 6.45) is 9.99. The zero-order valence-electron chi connectivity index (χ0n) is 16.0. The van der Waals surface area contributed by atoms with E-state index in [1.807, 2.05) is 6.92 Å². The molecule has 0 saturated heterocycles. The third-order valence-electron chi connectivity index (χ3n) is 8.35. The van der Waals surface area contributed by atoms with E-state index in [9.17, 15) is 14.4 Å². The Hall–Kier alpha value is -1.45. The summed E-state index contributed by atoms with van der Waals surface area (Å²) in [7, 11) is 0. The molecule has 0 N–H and O–H groups in total. The molecule has 142 valence electrons. The van der Waals surface area contributed by atoms with Crippen LogP contribution in [0.25, 0.3) is 0 Å². The van der Waals surface area contributed by atoms with Crippen LogP contribution in [-0.2, 0) is 19.1 Å². The van der Waals surface area contributed by atoms with Gasteiger partial charge in [-0.2, -0.15) is 0 Å². The topological polar surface area (TPSA) is 60.4 Å². The molecule has 4 aliphatic rings. The predicted molar refractivity (Wildman–Crippen MR) is 97.2 cm³/mol. The van der Waals surface area contributed by atoms with Gasteiger partial charge in [-0.05, 0) is 81.1 Å². The van der Waals surface area contributed by atoms with Gasteiger partial charge >= 0.3 is 5.97 Å². The first kappa shape index (κ1) is 17.9. The molecule has 3 fully saturated rings. The van der Waals surface area contributed by atoms with Crippen LogP contribution in [0.15, 0.2) is 11.6 Å². The van der Waals surface area contributed by atoms with Gasteiger partial charge in [0, 0.05) is 6.42 Å². The van der Waals surface area contributed by atoms with E-state index in [-0.39, 0.29) is 23.1 Å². The molecule has 4 nitrogen and oxygen atoms in total. The van der Waals surface area contributed by atoms with Crippen LogP contribution >= 0.6 is 0 Å². The molecule has 6 atom stereocenters. The van der Waals surface area contributed by atoms with Crippen molar-refractivity contribution in [1.29, 1.82) is 0 Å². The van der Waals surface area contributed by atoms with Crippen molar-refractivity contribution in [2.45, 2.75) is 65.2 Å². The zero-order valence-corrected chi connectivity index (χ0v) is 16.0. The summed E-state index contributed by atoms with van der Waals surface area (Å²) >= 11 is 0. The second-order valence-electron chi connectivity index (χ2n) is 9.14. The number of hydrogen-bond donors (Lipinski definition) is 0. The van der Waals surface area contributed by atoms with Crippen molar-refractivity contribution in [3.05, 3.63) is 11.6 Å². The predicted octanol–water partition coefficient (Wildman–Crippen LogP) is 3.88. The summed E-state index contributed by atoms with van der Waals surface area (Å²) in [5.74, 6) is 1.48. The van der Waals surface area contributed by atoms with E-state index in [2.05, 4.69) is 6.92 Å². The Morgan fingerprint density at radius 3 is 2.73 bits per heavy atom. The largest absolute Gasteiger partial charge is 0.466 e. The van der Waals surface area contributed by atoms with Gasteiger partial charge in [0.1, 0.15) is 6.29 Å². The van der Waals surface area contributed by atoms with E-state index in [4.69, 9.17) is 4.74 Å². The Labute approximate surface area is 155 Å². The Kier molecular flexibility index (Phi) is 4.36. The average molecular weight is 358 g/mol. The molecule has 0 aromatic carbocycles. The van der Waals surface area contributed by atoms with Crippen LogP contribution in [0, 0.1) is 34.5 Å². The lowest BCUT2D eigenvalue weighted by molar-refractivity contribution is -0.156. The molecule has 6 unspecified atom stereocenters. The molecule has 3 saturated carbocycles. The minimum atomic E-state index is -0.416. The first-order valence-electron chi connectivity index (χ1n) is 10.3. The summed E-state index contributed by atoms with van der Waals surface area (Å²) in [5, 5.41) is 0. The highest BCUT2D eigenvalue weighted by molar-refractivity contribution is 5.93. The molecule has 4 heteroatoms. The lowest BCUT2D eigenvalue weighted by Crippen LogP contribution is -2.52. The normalized spacial score (nSPS) is 44.4. The number of ether oxygens (including phenoxy) is 1. The van der Waals surface area contributed by atoms with Gasteiger partial charge in [0.05, 0.1) is 17.9 Å². The summed E-state index contributed by atoms with van der Waals surface area (Å²) < 4.78 is 5.37. The van der Waals surface area contributed by atoms with Crippen molar-refractivity contribution in [2.24, 2.45) is 34.5 Å². The maximum Gasteiger partial charge on any atom is 0.309 e. The first-order valence-corrected chi connectivity index (χ1v) is 10.3. The summed E-state index contributed by atoms with van der Waals surface area (Å²) in [4.78, 5) is 36.7. The van der Waals surface area contributed by atoms with Crippen LogP contribution in [0.4, 0.5) is 0 Å². The molecule has 0 heterocycles. The van der Waals surface area contributed by atoms with Crippen LogP contribution < -0.4 is 0 Å². The molecule has 0 aliphatic heterocycles. The second kappa shape index (κ2) is 6.31. The van der Waals surface area contributed by atoms with Crippen LogP contribution in [0.5, 0.6) is 0 Å². The highest BCUT2D eigenvalue weighted by atomic mass is 16.5. The van der Waals surface area contributed by atoms with E-state index in [1.165, 1.54) is 6.29 Å². The number of esters is 1. The molecule has 0 amide bonds. The second-order valence-corrected chi connectivity index (χ2v) is 9.14. The van der Waals surface area contributed by atoms with Crippen molar-refractivity contribution in [1.82, 2.24) is 0 Å². The molecular weight excluding hydrogens is 328 g/mol. The first-order chi connectivity index (χ1) is 12.5. The Morgan fingerprint density at radius 1 is 1.19 bits per heavy atom. The quantitative estimate of drug-likeness (QED) is 0.567. The van der Waals surface area contributed by atoms with E-state index in [0.29, 0.717) is 37.2 Å². The van der Waals surface area contributed by atoms with Crippen molar-refractivity contribution in [3.63, 3.8) is 0 Å². The number of carbonyl (C=O) groups is 3. The van der Waals surface area contributed by atoms with Gasteiger partial charge in [0.25, 0.3) is 0 Å². The highest BCUT2D eigenvalue weighted by Gasteiger charge is 2.61. The van der Waals surface area contributed by atoms with Crippen molar-refractivity contribution in [2.75, 3.05) is 6.61 Å². The minimum Gasteiger partial charge on any atom is -0.466 e. The van der Waals surface area contributed by atoms with Crippen molar-refractivity contribution in [3.8, 4) is 0 Å². The fourth-order valence-corrected chi connectivity index (χ4v) is 7.12. The Balaban J connectivity index is 1.65. The number of aldehydes is 1. The molecule has 4 rings (SSSR count). The number of carbonyl (C=O) groups excluding carboxylic acids is 3. The molecular formula is C22H30O4.